The number of halogens is 1. The van der Waals surface area contributed by atoms with Gasteiger partial charge in [0.05, 0.1) is 16.6 Å². The number of nitrogens with two attached hydrogens (primary N) is 1. The van der Waals surface area contributed by atoms with Gasteiger partial charge in [0.25, 0.3) is 0 Å². The molecule has 0 amide bonds. The van der Waals surface area contributed by atoms with Gasteiger partial charge >= 0.3 is 0 Å². The number of nitrogens with zero attached hydrogens (tertiary/aromatic N) is 3. The van der Waals surface area contributed by atoms with Crippen molar-refractivity contribution in [2.45, 2.75) is 20.3 Å². The number of rotatable bonds is 2. The molecule has 0 bridgehead atoms. The van der Waals surface area contributed by atoms with Crippen LogP contribution < -0.4 is 5.73 Å². The molecule has 4 nitrogen and oxygen atoms in total. The van der Waals surface area contributed by atoms with Crippen molar-refractivity contribution >= 4 is 33.1 Å². The number of aryl methyl sites for hydroxylation is 2. The van der Waals surface area contributed by atoms with Crippen molar-refractivity contribution in [1.29, 1.82) is 0 Å². The fraction of sp³-hybridized carbons (Fsp3) is 0.300. The standard InChI is InChI=1S/C10H11BrN4S/c1-5-4-16-8(13-5)3-7-14-6(2)9(11)10(12)15-7/h4H,3H2,1-2H3,(H2,12,14,15). The van der Waals surface area contributed by atoms with E-state index in [1.165, 1.54) is 0 Å². The maximum absolute atomic E-state index is 5.77. The molecule has 0 saturated carbocycles. The molecule has 0 spiro atoms. The average molecular weight is 299 g/mol. The Balaban J connectivity index is 2.28. The van der Waals surface area contributed by atoms with Crippen LogP contribution in [0.4, 0.5) is 5.82 Å². The molecule has 84 valence electrons. The lowest BCUT2D eigenvalue weighted by Gasteiger charge is -2.04. The minimum absolute atomic E-state index is 0.482. The van der Waals surface area contributed by atoms with Crippen LogP contribution in [0.15, 0.2) is 9.85 Å². The predicted molar refractivity (Wildman–Crippen MR) is 68.5 cm³/mol. The first-order valence-electron chi connectivity index (χ1n) is 4.75. The lowest BCUT2D eigenvalue weighted by atomic mass is 10.3. The summed E-state index contributed by atoms with van der Waals surface area (Å²) in [4.78, 5) is 13.0. The SMILES string of the molecule is Cc1csc(Cc2nc(C)c(Br)c(N)n2)n1. The maximum atomic E-state index is 5.77. The molecule has 2 rings (SSSR count). The molecule has 16 heavy (non-hydrogen) atoms. The quantitative estimate of drug-likeness (QED) is 0.925. The average Bonchev–Trinajstić information content (AvgIpc) is 2.60. The van der Waals surface area contributed by atoms with E-state index in [1.807, 2.05) is 19.2 Å². The molecule has 2 aromatic heterocycles. The Morgan fingerprint density at radius 1 is 1.31 bits per heavy atom. The van der Waals surface area contributed by atoms with Gasteiger partial charge in [0.15, 0.2) is 0 Å². The molecule has 2 heterocycles. The van der Waals surface area contributed by atoms with Crippen molar-refractivity contribution in [3.63, 3.8) is 0 Å². The fourth-order valence-electron chi connectivity index (χ4n) is 1.34. The minimum atomic E-state index is 0.482. The van der Waals surface area contributed by atoms with Crippen LogP contribution in [-0.2, 0) is 6.42 Å². The second-order valence-corrected chi connectivity index (χ2v) is 5.22. The van der Waals surface area contributed by atoms with E-state index in [-0.39, 0.29) is 0 Å². The largest absolute Gasteiger partial charge is 0.383 e. The van der Waals surface area contributed by atoms with E-state index in [1.54, 1.807) is 11.3 Å². The summed E-state index contributed by atoms with van der Waals surface area (Å²) in [6.45, 7) is 3.88. The fourth-order valence-corrected chi connectivity index (χ4v) is 2.29. The zero-order valence-corrected chi connectivity index (χ0v) is 11.4. The Hall–Kier alpha value is -1.01. The van der Waals surface area contributed by atoms with Crippen LogP contribution in [0.1, 0.15) is 22.2 Å². The van der Waals surface area contributed by atoms with E-state index in [0.717, 1.165) is 20.9 Å². The molecule has 0 aliphatic rings. The van der Waals surface area contributed by atoms with Crippen LogP contribution in [-0.4, -0.2) is 15.0 Å². The van der Waals surface area contributed by atoms with Crippen molar-refractivity contribution in [2.75, 3.05) is 5.73 Å². The smallest absolute Gasteiger partial charge is 0.141 e. The summed E-state index contributed by atoms with van der Waals surface area (Å²) in [6.07, 6.45) is 0.636. The van der Waals surface area contributed by atoms with Crippen LogP contribution in [0.25, 0.3) is 0 Å². The molecular weight excluding hydrogens is 288 g/mol. The van der Waals surface area contributed by atoms with E-state index < -0.39 is 0 Å². The third-order valence-corrected chi connectivity index (χ3v) is 4.01. The summed E-state index contributed by atoms with van der Waals surface area (Å²) >= 11 is 4.96. The summed E-state index contributed by atoms with van der Waals surface area (Å²) in [5, 5.41) is 3.03. The van der Waals surface area contributed by atoms with Gasteiger partial charge in [-0.15, -0.1) is 11.3 Å². The van der Waals surface area contributed by atoms with Gasteiger partial charge in [-0.25, -0.2) is 15.0 Å². The number of nitrogen functional groups attached to an aromatic ring is 1. The highest BCUT2D eigenvalue weighted by Gasteiger charge is 2.08. The molecule has 2 N–H and O–H groups in total. The van der Waals surface area contributed by atoms with Crippen molar-refractivity contribution in [1.82, 2.24) is 15.0 Å². The normalized spacial score (nSPS) is 10.7. The molecule has 2 aromatic rings. The van der Waals surface area contributed by atoms with Crippen LogP contribution in [0, 0.1) is 13.8 Å². The molecule has 0 fully saturated rings. The number of hydrogen-bond acceptors (Lipinski definition) is 5. The van der Waals surface area contributed by atoms with Crippen LogP contribution >= 0.6 is 27.3 Å². The Kier molecular flexibility index (Phi) is 3.20. The van der Waals surface area contributed by atoms with Crippen molar-refractivity contribution in [2.24, 2.45) is 0 Å². The molecule has 6 heteroatoms. The van der Waals surface area contributed by atoms with E-state index in [4.69, 9.17) is 5.73 Å². The maximum Gasteiger partial charge on any atom is 0.141 e. The van der Waals surface area contributed by atoms with Crippen molar-refractivity contribution in [3.05, 3.63) is 32.1 Å². The molecule has 0 atom stereocenters. The molecular formula is C10H11BrN4S. The topological polar surface area (TPSA) is 64.7 Å². The summed E-state index contributed by atoms with van der Waals surface area (Å²) in [7, 11) is 0. The highest BCUT2D eigenvalue weighted by Crippen LogP contribution is 2.21. The van der Waals surface area contributed by atoms with Gasteiger partial charge in [-0.3, -0.25) is 0 Å². The van der Waals surface area contributed by atoms with E-state index >= 15 is 0 Å². The van der Waals surface area contributed by atoms with Gasteiger partial charge in [0.2, 0.25) is 0 Å². The number of hydrogen-bond donors (Lipinski definition) is 1. The van der Waals surface area contributed by atoms with Crippen LogP contribution in [0.3, 0.4) is 0 Å². The van der Waals surface area contributed by atoms with E-state index in [2.05, 4.69) is 30.9 Å². The highest BCUT2D eigenvalue weighted by molar-refractivity contribution is 9.10. The van der Waals surface area contributed by atoms with Crippen molar-refractivity contribution < 1.29 is 0 Å². The Labute approximate surface area is 106 Å². The Morgan fingerprint density at radius 2 is 2.06 bits per heavy atom. The van der Waals surface area contributed by atoms with E-state index in [9.17, 15) is 0 Å². The van der Waals surface area contributed by atoms with Gasteiger partial charge in [0.1, 0.15) is 16.6 Å². The molecule has 0 unspecified atom stereocenters. The minimum Gasteiger partial charge on any atom is -0.383 e. The van der Waals surface area contributed by atoms with E-state index in [0.29, 0.717) is 18.1 Å². The second kappa shape index (κ2) is 4.47. The Morgan fingerprint density at radius 3 is 2.62 bits per heavy atom. The lowest BCUT2D eigenvalue weighted by Crippen LogP contribution is -2.03. The molecule has 0 radical (unpaired) electrons. The number of anilines is 1. The summed E-state index contributed by atoms with van der Waals surface area (Å²) in [6, 6.07) is 0. The Bertz CT molecular complexity index is 500. The lowest BCUT2D eigenvalue weighted by molar-refractivity contribution is 0.929. The summed E-state index contributed by atoms with van der Waals surface area (Å²) < 4.78 is 0.770. The van der Waals surface area contributed by atoms with Gasteiger partial charge in [0, 0.05) is 11.1 Å². The van der Waals surface area contributed by atoms with Crippen LogP contribution in [0.2, 0.25) is 0 Å². The van der Waals surface area contributed by atoms with Gasteiger partial charge in [-0.1, -0.05) is 0 Å². The first kappa shape index (κ1) is 11.5. The molecule has 0 aromatic carbocycles. The monoisotopic (exact) mass is 298 g/mol. The second-order valence-electron chi connectivity index (χ2n) is 3.48. The molecule has 0 aliphatic heterocycles. The molecule has 0 saturated heterocycles. The zero-order valence-electron chi connectivity index (χ0n) is 8.99. The summed E-state index contributed by atoms with van der Waals surface area (Å²) in [5.74, 6) is 1.20. The highest BCUT2D eigenvalue weighted by atomic mass is 79.9. The molecule has 0 aliphatic carbocycles. The third kappa shape index (κ3) is 2.38. The number of thiazole rings is 1. The zero-order chi connectivity index (χ0) is 11.7. The first-order chi connectivity index (χ1) is 7.56. The first-order valence-corrected chi connectivity index (χ1v) is 6.43. The summed E-state index contributed by atoms with van der Waals surface area (Å²) in [5.41, 5.74) is 7.65. The van der Waals surface area contributed by atoms with Crippen LogP contribution in [0.5, 0.6) is 0 Å². The van der Waals surface area contributed by atoms with Gasteiger partial charge < -0.3 is 5.73 Å². The van der Waals surface area contributed by atoms with Gasteiger partial charge in [-0.05, 0) is 29.8 Å². The third-order valence-electron chi connectivity index (χ3n) is 2.06. The predicted octanol–water partition coefficient (Wildman–Crippen LogP) is 2.49. The van der Waals surface area contributed by atoms with Crippen molar-refractivity contribution in [3.8, 4) is 0 Å². The number of aromatic nitrogens is 3. The van der Waals surface area contributed by atoms with Gasteiger partial charge in [-0.2, -0.15) is 0 Å².